The van der Waals surface area contributed by atoms with Crippen LogP contribution >= 0.6 is 11.3 Å². The van der Waals surface area contributed by atoms with Crippen molar-refractivity contribution >= 4 is 22.2 Å². The number of hydrogen-bond donors (Lipinski definition) is 1. The van der Waals surface area contributed by atoms with E-state index in [0.717, 1.165) is 41.9 Å². The number of nitrogens with two attached hydrogens (primary N) is 1. The number of amides is 1. The first-order valence-electron chi connectivity index (χ1n) is 10.2. The first-order valence-corrected chi connectivity index (χ1v) is 11.0. The van der Waals surface area contributed by atoms with E-state index in [-0.39, 0.29) is 5.91 Å². The second-order valence-corrected chi connectivity index (χ2v) is 8.59. The number of unbranched alkanes of at least 4 members (excludes halogenated alkanes) is 4. The minimum atomic E-state index is 0.217. The minimum absolute atomic E-state index is 0.217. The number of nitrogens with zero attached hydrogens (tertiary/aromatic N) is 1. The van der Waals surface area contributed by atoms with Gasteiger partial charge in [-0.05, 0) is 44.6 Å². The number of fused-ring (bicyclic) bond motifs is 1. The van der Waals surface area contributed by atoms with Crippen LogP contribution in [-0.4, -0.2) is 23.4 Å². The van der Waals surface area contributed by atoms with Crippen molar-refractivity contribution in [2.24, 2.45) is 5.92 Å². The van der Waals surface area contributed by atoms with E-state index in [1.165, 1.54) is 43.4 Å². The highest BCUT2D eigenvalue weighted by Crippen LogP contribution is 2.37. The summed E-state index contributed by atoms with van der Waals surface area (Å²) in [5, 5.41) is 0.816. The normalized spacial score (nSPS) is 19.0. The third kappa shape index (κ3) is 4.58. The van der Waals surface area contributed by atoms with Crippen LogP contribution in [-0.2, 0) is 6.42 Å². The van der Waals surface area contributed by atoms with Crippen LogP contribution in [0.2, 0.25) is 0 Å². The molecule has 0 fully saturated rings. The lowest BCUT2D eigenvalue weighted by molar-refractivity contribution is 0.0605. The number of carbonyl (C=O) groups excluding carboxylic acids is 1. The van der Waals surface area contributed by atoms with Crippen molar-refractivity contribution in [3.63, 3.8) is 0 Å². The molecule has 0 radical (unpaired) electrons. The number of carbonyl (C=O) groups is 1. The summed E-state index contributed by atoms with van der Waals surface area (Å²) in [5.74, 6) is 0.840. The molecule has 2 unspecified atom stereocenters. The molecule has 0 bridgehead atoms. The fourth-order valence-corrected chi connectivity index (χ4v) is 5.41. The van der Waals surface area contributed by atoms with Gasteiger partial charge in [-0.2, -0.15) is 0 Å². The molecule has 1 aromatic heterocycles. The van der Waals surface area contributed by atoms with Crippen LogP contribution in [0.1, 0.15) is 92.9 Å². The molecule has 1 aliphatic heterocycles. The third-order valence-electron chi connectivity index (χ3n) is 5.89. The smallest absolute Gasteiger partial charge is 0.255 e. The van der Waals surface area contributed by atoms with Gasteiger partial charge in [-0.25, -0.2) is 0 Å². The fraction of sp³-hybridized carbons (Fsp3) is 0.762. The average molecular weight is 365 g/mol. The Balaban J connectivity index is 2.11. The molecule has 4 heteroatoms. The Labute approximate surface area is 158 Å². The maximum Gasteiger partial charge on any atom is 0.255 e. The van der Waals surface area contributed by atoms with Crippen molar-refractivity contribution in [2.75, 3.05) is 12.3 Å². The molecule has 1 aliphatic rings. The highest BCUT2D eigenvalue weighted by atomic mass is 32.1. The zero-order valence-corrected chi connectivity index (χ0v) is 17.4. The molecule has 1 amide bonds. The van der Waals surface area contributed by atoms with E-state index in [0.29, 0.717) is 12.0 Å². The molecule has 0 saturated carbocycles. The van der Waals surface area contributed by atoms with Gasteiger partial charge in [-0.15, -0.1) is 11.3 Å². The van der Waals surface area contributed by atoms with Gasteiger partial charge in [-0.3, -0.25) is 4.79 Å². The van der Waals surface area contributed by atoms with E-state index < -0.39 is 0 Å². The first-order chi connectivity index (χ1) is 12.0. The number of rotatable bonds is 9. The standard InChI is InChI=1S/C21H36N2OS/c1-5-8-9-10-11-12-16(6-2)17-13-14-18-19(15(4)20(22)25-18)21(24)23(17)7-3/h16-17H,5-14,22H2,1-4H3. The molecule has 1 aromatic rings. The maximum atomic E-state index is 13.2. The lowest BCUT2D eigenvalue weighted by Gasteiger charge is -2.35. The molecule has 2 N–H and O–H groups in total. The van der Waals surface area contributed by atoms with Crippen LogP contribution in [0.5, 0.6) is 0 Å². The Morgan fingerprint density at radius 2 is 1.92 bits per heavy atom. The summed E-state index contributed by atoms with van der Waals surface area (Å²) >= 11 is 1.62. The summed E-state index contributed by atoms with van der Waals surface area (Å²) < 4.78 is 0. The largest absolute Gasteiger partial charge is 0.390 e. The highest BCUT2D eigenvalue weighted by molar-refractivity contribution is 7.16. The van der Waals surface area contributed by atoms with Crippen LogP contribution in [0.15, 0.2) is 0 Å². The van der Waals surface area contributed by atoms with Gasteiger partial charge in [0.15, 0.2) is 0 Å². The van der Waals surface area contributed by atoms with E-state index in [2.05, 4.69) is 25.7 Å². The Morgan fingerprint density at radius 1 is 1.20 bits per heavy atom. The molecule has 2 rings (SSSR count). The van der Waals surface area contributed by atoms with Crippen LogP contribution in [0.25, 0.3) is 0 Å². The van der Waals surface area contributed by atoms with E-state index in [9.17, 15) is 4.79 Å². The summed E-state index contributed by atoms with van der Waals surface area (Å²) in [6.07, 6.45) is 11.1. The quantitative estimate of drug-likeness (QED) is 0.563. The Hall–Kier alpha value is -1.03. The molecule has 3 nitrogen and oxygen atoms in total. The number of aryl methyl sites for hydroxylation is 1. The Bertz CT molecular complexity index is 566. The predicted octanol–water partition coefficient (Wildman–Crippen LogP) is 5.80. The van der Waals surface area contributed by atoms with Crippen LogP contribution in [0, 0.1) is 12.8 Å². The van der Waals surface area contributed by atoms with Crippen LogP contribution < -0.4 is 5.73 Å². The molecule has 0 spiro atoms. The highest BCUT2D eigenvalue weighted by Gasteiger charge is 2.35. The lowest BCUT2D eigenvalue weighted by Crippen LogP contribution is -2.43. The minimum Gasteiger partial charge on any atom is -0.390 e. The number of nitrogen functional groups attached to an aromatic ring is 1. The van der Waals surface area contributed by atoms with Crippen molar-refractivity contribution in [3.8, 4) is 0 Å². The van der Waals surface area contributed by atoms with E-state index in [4.69, 9.17) is 5.73 Å². The van der Waals surface area contributed by atoms with Crippen molar-refractivity contribution in [1.29, 1.82) is 0 Å². The number of hydrogen-bond acceptors (Lipinski definition) is 3. The second kappa shape index (κ2) is 9.61. The predicted molar refractivity (Wildman–Crippen MR) is 109 cm³/mol. The summed E-state index contributed by atoms with van der Waals surface area (Å²) in [6, 6.07) is 0.383. The van der Waals surface area contributed by atoms with Gasteiger partial charge in [0.05, 0.1) is 10.6 Å². The SMILES string of the molecule is CCCCCCCC(CC)C1CCc2sc(N)c(C)c2C(=O)N1CC. The van der Waals surface area contributed by atoms with E-state index in [1.807, 2.05) is 6.92 Å². The van der Waals surface area contributed by atoms with Crippen molar-refractivity contribution in [2.45, 2.75) is 91.5 Å². The molecule has 25 heavy (non-hydrogen) atoms. The molecule has 2 heterocycles. The zero-order chi connectivity index (χ0) is 18.4. The van der Waals surface area contributed by atoms with Gasteiger partial charge in [0.1, 0.15) is 0 Å². The lowest BCUT2D eigenvalue weighted by atomic mass is 9.87. The maximum absolute atomic E-state index is 13.2. The molecule has 0 saturated heterocycles. The van der Waals surface area contributed by atoms with Crippen LogP contribution in [0.3, 0.4) is 0 Å². The topological polar surface area (TPSA) is 46.3 Å². The first kappa shape index (κ1) is 20.3. The van der Waals surface area contributed by atoms with E-state index in [1.54, 1.807) is 11.3 Å². The summed E-state index contributed by atoms with van der Waals surface area (Å²) in [5.41, 5.74) is 8.00. The van der Waals surface area contributed by atoms with E-state index >= 15 is 0 Å². The summed E-state index contributed by atoms with van der Waals surface area (Å²) in [7, 11) is 0. The molecular formula is C21H36N2OS. The van der Waals surface area contributed by atoms with Gasteiger partial charge in [0.25, 0.3) is 5.91 Å². The van der Waals surface area contributed by atoms with Crippen molar-refractivity contribution in [3.05, 3.63) is 16.0 Å². The van der Waals surface area contributed by atoms with Crippen molar-refractivity contribution in [1.82, 2.24) is 4.90 Å². The van der Waals surface area contributed by atoms with Gasteiger partial charge in [0.2, 0.25) is 0 Å². The molecule has 2 atom stereocenters. The van der Waals surface area contributed by atoms with Gasteiger partial charge >= 0.3 is 0 Å². The Morgan fingerprint density at radius 3 is 2.56 bits per heavy atom. The Kier molecular flexibility index (Phi) is 7.80. The van der Waals surface area contributed by atoms with Crippen LogP contribution in [0.4, 0.5) is 5.00 Å². The molecular weight excluding hydrogens is 328 g/mol. The molecule has 0 aliphatic carbocycles. The summed E-state index contributed by atoms with van der Waals surface area (Å²) in [6.45, 7) is 9.47. The second-order valence-electron chi connectivity index (χ2n) is 7.46. The molecule has 142 valence electrons. The number of anilines is 1. The average Bonchev–Trinajstić information content (AvgIpc) is 2.80. The van der Waals surface area contributed by atoms with Gasteiger partial charge < -0.3 is 10.6 Å². The third-order valence-corrected chi connectivity index (χ3v) is 7.07. The van der Waals surface area contributed by atoms with Gasteiger partial charge in [0, 0.05) is 17.5 Å². The van der Waals surface area contributed by atoms with Gasteiger partial charge in [-0.1, -0.05) is 52.4 Å². The molecule has 0 aromatic carbocycles. The zero-order valence-electron chi connectivity index (χ0n) is 16.6. The number of thiophene rings is 1. The summed E-state index contributed by atoms with van der Waals surface area (Å²) in [4.78, 5) is 16.6. The monoisotopic (exact) mass is 364 g/mol. The van der Waals surface area contributed by atoms with Crippen molar-refractivity contribution < 1.29 is 4.79 Å². The fourth-order valence-electron chi connectivity index (χ4n) is 4.32.